The Balaban J connectivity index is 1.60. The van der Waals surface area contributed by atoms with Crippen molar-refractivity contribution in [3.8, 4) is 5.75 Å². The van der Waals surface area contributed by atoms with Gasteiger partial charge >= 0.3 is 0 Å². The lowest BCUT2D eigenvalue weighted by Gasteiger charge is -2.30. The molecule has 0 radical (unpaired) electrons. The zero-order valence-electron chi connectivity index (χ0n) is 11.8. The first-order chi connectivity index (χ1) is 9.33. The van der Waals surface area contributed by atoms with Crippen molar-refractivity contribution < 1.29 is 4.74 Å². The van der Waals surface area contributed by atoms with E-state index in [1.165, 1.54) is 31.5 Å². The zero-order chi connectivity index (χ0) is 13.1. The van der Waals surface area contributed by atoms with Crippen molar-refractivity contribution in [2.24, 2.45) is 0 Å². The number of rotatable bonds is 4. The molecule has 0 saturated carbocycles. The normalized spacial score (nSPS) is 26.2. The van der Waals surface area contributed by atoms with Gasteiger partial charge in [-0.25, -0.2) is 0 Å². The van der Waals surface area contributed by atoms with E-state index in [4.69, 9.17) is 4.74 Å². The van der Waals surface area contributed by atoms with Crippen molar-refractivity contribution in [2.45, 2.75) is 31.2 Å². The molecule has 19 heavy (non-hydrogen) atoms. The summed E-state index contributed by atoms with van der Waals surface area (Å²) in [5.41, 5.74) is 1.39. The van der Waals surface area contributed by atoms with Crippen molar-refractivity contribution in [3.05, 3.63) is 29.8 Å². The van der Waals surface area contributed by atoms with Crippen molar-refractivity contribution >= 4 is 0 Å². The minimum atomic E-state index is 0.622. The molecule has 1 aromatic rings. The van der Waals surface area contributed by atoms with E-state index < -0.39 is 0 Å². The Morgan fingerprint density at radius 2 is 2.16 bits per heavy atom. The highest BCUT2D eigenvalue weighted by molar-refractivity contribution is 5.37. The summed E-state index contributed by atoms with van der Waals surface area (Å²) in [5, 5.41) is 3.58. The minimum absolute atomic E-state index is 0.622. The lowest BCUT2D eigenvalue weighted by atomic mass is 9.92. The highest BCUT2D eigenvalue weighted by atomic mass is 16.5. The molecule has 0 bridgehead atoms. The van der Waals surface area contributed by atoms with E-state index in [0.717, 1.165) is 25.3 Å². The van der Waals surface area contributed by atoms with Gasteiger partial charge < -0.3 is 15.0 Å². The third-order valence-corrected chi connectivity index (χ3v) is 4.31. The Hall–Kier alpha value is -1.06. The number of para-hydroxylation sites is 1. The van der Waals surface area contributed by atoms with E-state index in [2.05, 4.69) is 41.5 Å². The second kappa shape index (κ2) is 5.93. The molecule has 0 aromatic heterocycles. The molecule has 1 aromatic carbocycles. The molecule has 1 fully saturated rings. The summed E-state index contributed by atoms with van der Waals surface area (Å²) in [7, 11) is 2.25. The van der Waals surface area contributed by atoms with Crippen LogP contribution in [-0.2, 0) is 0 Å². The Labute approximate surface area is 115 Å². The first-order valence-electron chi connectivity index (χ1n) is 7.46. The molecule has 3 nitrogen and oxygen atoms in total. The van der Waals surface area contributed by atoms with E-state index in [0.29, 0.717) is 12.0 Å². The minimum Gasteiger partial charge on any atom is -0.493 e. The summed E-state index contributed by atoms with van der Waals surface area (Å²) in [6.45, 7) is 4.36. The number of hydrogen-bond donors (Lipinski definition) is 1. The summed E-state index contributed by atoms with van der Waals surface area (Å²) < 4.78 is 5.74. The maximum atomic E-state index is 5.74. The van der Waals surface area contributed by atoms with Gasteiger partial charge in [0.05, 0.1) is 6.61 Å². The molecule has 2 aliphatic heterocycles. The van der Waals surface area contributed by atoms with Gasteiger partial charge in [-0.15, -0.1) is 0 Å². The summed E-state index contributed by atoms with van der Waals surface area (Å²) in [6, 6.07) is 9.20. The van der Waals surface area contributed by atoms with Crippen LogP contribution in [0.3, 0.4) is 0 Å². The molecule has 1 saturated heterocycles. The third-order valence-electron chi connectivity index (χ3n) is 4.31. The molecule has 3 rings (SSSR count). The van der Waals surface area contributed by atoms with Crippen LogP contribution >= 0.6 is 0 Å². The van der Waals surface area contributed by atoms with Crippen molar-refractivity contribution in [2.75, 3.05) is 33.3 Å². The van der Waals surface area contributed by atoms with Gasteiger partial charge in [0.25, 0.3) is 0 Å². The smallest absolute Gasteiger partial charge is 0.122 e. The Morgan fingerprint density at radius 3 is 3.00 bits per heavy atom. The van der Waals surface area contributed by atoms with Crippen molar-refractivity contribution in [1.29, 1.82) is 0 Å². The topological polar surface area (TPSA) is 24.5 Å². The van der Waals surface area contributed by atoms with Gasteiger partial charge in [-0.2, -0.15) is 0 Å². The van der Waals surface area contributed by atoms with Gasteiger partial charge in [0.2, 0.25) is 0 Å². The fourth-order valence-electron chi connectivity index (χ4n) is 3.35. The average Bonchev–Trinajstić information content (AvgIpc) is 2.92. The van der Waals surface area contributed by atoms with Gasteiger partial charge in [-0.1, -0.05) is 18.2 Å². The Kier molecular flexibility index (Phi) is 4.04. The molecule has 2 aliphatic rings. The molecule has 2 atom stereocenters. The van der Waals surface area contributed by atoms with Gasteiger partial charge in [0, 0.05) is 25.0 Å². The Bertz CT molecular complexity index is 415. The molecule has 2 heterocycles. The highest BCUT2D eigenvalue weighted by Gasteiger charge is 2.23. The third kappa shape index (κ3) is 3.10. The summed E-state index contributed by atoms with van der Waals surface area (Å²) in [4.78, 5) is 2.48. The number of nitrogens with one attached hydrogen (secondary N) is 1. The van der Waals surface area contributed by atoms with E-state index in [1.54, 1.807) is 0 Å². The number of fused-ring (bicyclic) bond motifs is 1. The summed E-state index contributed by atoms with van der Waals surface area (Å²) >= 11 is 0. The van der Waals surface area contributed by atoms with Crippen molar-refractivity contribution in [1.82, 2.24) is 10.2 Å². The van der Waals surface area contributed by atoms with Crippen LogP contribution in [0.4, 0.5) is 0 Å². The number of ether oxygens (including phenoxy) is 1. The van der Waals surface area contributed by atoms with Crippen LogP contribution in [0.15, 0.2) is 24.3 Å². The molecule has 1 N–H and O–H groups in total. The second-order valence-electron chi connectivity index (χ2n) is 5.89. The molecule has 0 amide bonds. The maximum absolute atomic E-state index is 5.74. The average molecular weight is 260 g/mol. The van der Waals surface area contributed by atoms with Crippen LogP contribution in [0.25, 0.3) is 0 Å². The first kappa shape index (κ1) is 12.9. The molecule has 3 heteroatoms. The standard InChI is InChI=1S/C16H24N2O/c1-18(12-14-5-4-9-17-14)11-13-8-10-19-16-7-3-2-6-15(13)16/h2-3,6-7,13-14,17H,4-5,8-12H2,1H3. The fraction of sp³-hybridized carbons (Fsp3) is 0.625. The summed E-state index contributed by atoms with van der Waals surface area (Å²) in [6.07, 6.45) is 3.80. The van der Waals surface area contributed by atoms with E-state index >= 15 is 0 Å². The quantitative estimate of drug-likeness (QED) is 0.898. The number of hydrogen-bond acceptors (Lipinski definition) is 3. The summed E-state index contributed by atoms with van der Waals surface area (Å²) in [5.74, 6) is 1.71. The molecular formula is C16H24N2O. The fourth-order valence-corrected chi connectivity index (χ4v) is 3.35. The van der Waals surface area contributed by atoms with Gasteiger partial charge in [-0.05, 0) is 44.5 Å². The van der Waals surface area contributed by atoms with E-state index in [-0.39, 0.29) is 0 Å². The Morgan fingerprint density at radius 1 is 1.26 bits per heavy atom. The molecule has 0 aliphatic carbocycles. The van der Waals surface area contributed by atoms with E-state index in [9.17, 15) is 0 Å². The number of benzene rings is 1. The van der Waals surface area contributed by atoms with Gasteiger partial charge in [0.1, 0.15) is 5.75 Å². The van der Waals surface area contributed by atoms with Crippen LogP contribution in [0.1, 0.15) is 30.7 Å². The predicted molar refractivity (Wildman–Crippen MR) is 77.8 cm³/mol. The molecule has 0 spiro atoms. The first-order valence-corrected chi connectivity index (χ1v) is 7.46. The lowest BCUT2D eigenvalue weighted by molar-refractivity contribution is 0.224. The van der Waals surface area contributed by atoms with Crippen LogP contribution in [0.2, 0.25) is 0 Å². The second-order valence-corrected chi connectivity index (χ2v) is 5.89. The highest BCUT2D eigenvalue weighted by Crippen LogP contribution is 2.33. The number of likely N-dealkylation sites (N-methyl/N-ethyl adjacent to an activating group) is 1. The molecule has 104 valence electrons. The molecular weight excluding hydrogens is 236 g/mol. The van der Waals surface area contributed by atoms with E-state index in [1.807, 2.05) is 0 Å². The van der Waals surface area contributed by atoms with Gasteiger partial charge in [-0.3, -0.25) is 0 Å². The van der Waals surface area contributed by atoms with Crippen LogP contribution in [0.5, 0.6) is 5.75 Å². The monoisotopic (exact) mass is 260 g/mol. The largest absolute Gasteiger partial charge is 0.493 e. The maximum Gasteiger partial charge on any atom is 0.122 e. The van der Waals surface area contributed by atoms with Crippen LogP contribution in [-0.4, -0.2) is 44.2 Å². The van der Waals surface area contributed by atoms with Crippen LogP contribution in [0, 0.1) is 0 Å². The van der Waals surface area contributed by atoms with Crippen molar-refractivity contribution in [3.63, 3.8) is 0 Å². The van der Waals surface area contributed by atoms with Gasteiger partial charge in [0.15, 0.2) is 0 Å². The van der Waals surface area contributed by atoms with Crippen LogP contribution < -0.4 is 10.1 Å². The molecule has 2 unspecified atom stereocenters. The number of nitrogens with zero attached hydrogens (tertiary/aromatic N) is 1. The SMILES string of the molecule is CN(CC1CCCN1)CC1CCOc2ccccc21. The lowest BCUT2D eigenvalue weighted by Crippen LogP contribution is -2.37. The zero-order valence-corrected chi connectivity index (χ0v) is 11.8. The predicted octanol–water partition coefficient (Wildman–Crippen LogP) is 2.24.